The van der Waals surface area contributed by atoms with Gasteiger partial charge in [0, 0.05) is 42.3 Å². The number of nitrogens with zero attached hydrogens (tertiary/aromatic N) is 3. The van der Waals surface area contributed by atoms with Crippen molar-refractivity contribution in [3.8, 4) is 5.75 Å². The second-order valence-electron chi connectivity index (χ2n) is 6.95. The Morgan fingerprint density at radius 2 is 2.08 bits per heavy atom. The number of aliphatic imine (C=N–C) groups is 1. The Morgan fingerprint density at radius 1 is 1.17 bits per heavy atom. The van der Waals surface area contributed by atoms with E-state index < -0.39 is 0 Å². The lowest BCUT2D eigenvalue weighted by atomic mass is 9.75. The molecule has 0 radical (unpaired) electrons. The van der Waals surface area contributed by atoms with Crippen LogP contribution in [-0.4, -0.2) is 22.6 Å². The van der Waals surface area contributed by atoms with Gasteiger partial charge < -0.3 is 4.74 Å². The Hall–Kier alpha value is -2.36. The number of aromatic nitrogens is 2. The first-order valence-corrected chi connectivity index (χ1v) is 8.91. The van der Waals surface area contributed by atoms with Gasteiger partial charge in [-0.3, -0.25) is 0 Å². The fourth-order valence-corrected chi connectivity index (χ4v) is 4.43. The molecule has 1 saturated carbocycles. The van der Waals surface area contributed by atoms with E-state index in [2.05, 4.69) is 35.3 Å². The maximum atomic E-state index is 6.03. The lowest BCUT2D eigenvalue weighted by Crippen LogP contribution is -2.25. The first kappa shape index (κ1) is 14.0. The van der Waals surface area contributed by atoms with Gasteiger partial charge in [-0.15, -0.1) is 0 Å². The molecule has 122 valence electrons. The third-order valence-electron chi connectivity index (χ3n) is 5.61. The van der Waals surface area contributed by atoms with Crippen LogP contribution in [0.5, 0.6) is 5.75 Å². The first-order chi connectivity index (χ1) is 11.9. The van der Waals surface area contributed by atoms with Crippen LogP contribution in [0.1, 0.15) is 48.9 Å². The predicted octanol–water partition coefficient (Wildman–Crippen LogP) is 4.25. The average molecular weight is 319 g/mol. The van der Waals surface area contributed by atoms with Crippen LogP contribution in [0.3, 0.4) is 0 Å². The second kappa shape index (κ2) is 5.33. The molecule has 0 unspecified atom stereocenters. The topological polar surface area (TPSA) is 39.4 Å². The lowest BCUT2D eigenvalue weighted by Gasteiger charge is -2.29. The van der Waals surface area contributed by atoms with Crippen molar-refractivity contribution in [3.05, 3.63) is 47.2 Å². The normalized spacial score (nSPS) is 20.5. The first-order valence-electron chi connectivity index (χ1n) is 8.91. The summed E-state index contributed by atoms with van der Waals surface area (Å²) in [7, 11) is 0. The highest BCUT2D eigenvalue weighted by atomic mass is 16.5. The third kappa shape index (κ3) is 1.98. The van der Waals surface area contributed by atoms with Gasteiger partial charge in [-0.1, -0.05) is 37.1 Å². The quantitative estimate of drug-likeness (QED) is 0.830. The zero-order valence-electron chi connectivity index (χ0n) is 13.7. The van der Waals surface area contributed by atoms with Crippen molar-refractivity contribution >= 4 is 18.2 Å². The number of allylic oxidation sites excluding steroid dienone is 1. The molecule has 0 amide bonds. The SMILES string of the molecule is C1=Cn2nc(C3(c4cccc5c4OCC5)CCCC3)cc2N=CC1. The molecule has 0 atom stereocenters. The van der Waals surface area contributed by atoms with E-state index in [1.165, 1.54) is 24.0 Å². The van der Waals surface area contributed by atoms with E-state index in [9.17, 15) is 0 Å². The van der Waals surface area contributed by atoms with Crippen molar-refractivity contribution in [2.24, 2.45) is 4.99 Å². The van der Waals surface area contributed by atoms with Crippen molar-refractivity contribution in [1.82, 2.24) is 9.78 Å². The molecule has 3 aliphatic rings. The van der Waals surface area contributed by atoms with Crippen LogP contribution in [0.25, 0.3) is 6.20 Å². The van der Waals surface area contributed by atoms with Crippen LogP contribution in [-0.2, 0) is 11.8 Å². The highest BCUT2D eigenvalue weighted by molar-refractivity contribution is 5.67. The largest absolute Gasteiger partial charge is 0.493 e. The molecule has 1 aromatic heterocycles. The summed E-state index contributed by atoms with van der Waals surface area (Å²) < 4.78 is 7.95. The molecule has 0 spiro atoms. The van der Waals surface area contributed by atoms with Gasteiger partial charge in [0.1, 0.15) is 5.75 Å². The summed E-state index contributed by atoms with van der Waals surface area (Å²) in [6.07, 6.45) is 12.7. The molecule has 1 aromatic carbocycles. The van der Waals surface area contributed by atoms with Crippen LogP contribution in [0.15, 0.2) is 35.3 Å². The van der Waals surface area contributed by atoms with E-state index >= 15 is 0 Å². The van der Waals surface area contributed by atoms with Crippen LogP contribution in [0.2, 0.25) is 0 Å². The molecular formula is C20H21N3O. The van der Waals surface area contributed by atoms with Gasteiger partial charge in [0.25, 0.3) is 0 Å². The Labute approximate surface area is 141 Å². The molecule has 4 nitrogen and oxygen atoms in total. The number of fused-ring (bicyclic) bond motifs is 2. The lowest BCUT2D eigenvalue weighted by molar-refractivity contribution is 0.344. The summed E-state index contributed by atoms with van der Waals surface area (Å²) in [5.74, 6) is 2.04. The van der Waals surface area contributed by atoms with Crippen LogP contribution in [0, 0.1) is 0 Å². The van der Waals surface area contributed by atoms with E-state index in [-0.39, 0.29) is 5.41 Å². The van der Waals surface area contributed by atoms with Crippen molar-refractivity contribution in [2.75, 3.05) is 6.61 Å². The average Bonchev–Trinajstić information content (AvgIpc) is 3.32. The number of benzene rings is 1. The molecule has 3 heterocycles. The molecule has 0 N–H and O–H groups in total. The van der Waals surface area contributed by atoms with E-state index in [0.717, 1.165) is 49.6 Å². The van der Waals surface area contributed by atoms with Crippen molar-refractivity contribution in [3.63, 3.8) is 0 Å². The zero-order chi connectivity index (χ0) is 16.0. The summed E-state index contributed by atoms with van der Waals surface area (Å²) in [5.41, 5.74) is 3.79. The van der Waals surface area contributed by atoms with Gasteiger partial charge in [0.05, 0.1) is 12.3 Å². The Morgan fingerprint density at radius 3 is 3.00 bits per heavy atom. The van der Waals surface area contributed by atoms with Gasteiger partial charge in [-0.05, 0) is 18.4 Å². The summed E-state index contributed by atoms with van der Waals surface area (Å²) in [6.45, 7) is 0.801. The number of hydrogen-bond donors (Lipinski definition) is 0. The maximum absolute atomic E-state index is 6.03. The van der Waals surface area contributed by atoms with Crippen LogP contribution < -0.4 is 4.74 Å². The number of hydrogen-bond acceptors (Lipinski definition) is 3. The van der Waals surface area contributed by atoms with Gasteiger partial charge in [0.15, 0.2) is 5.82 Å². The second-order valence-corrected chi connectivity index (χ2v) is 6.95. The minimum Gasteiger partial charge on any atom is -0.493 e. The Balaban J connectivity index is 1.68. The van der Waals surface area contributed by atoms with Crippen LogP contribution >= 0.6 is 0 Å². The van der Waals surface area contributed by atoms with E-state index in [1.54, 1.807) is 0 Å². The zero-order valence-corrected chi connectivity index (χ0v) is 13.7. The fraction of sp³-hybridized carbons (Fsp3) is 0.400. The molecule has 5 rings (SSSR count). The number of ether oxygens (including phenoxy) is 1. The fourth-order valence-electron chi connectivity index (χ4n) is 4.43. The molecule has 0 bridgehead atoms. The molecule has 1 aliphatic carbocycles. The highest BCUT2D eigenvalue weighted by Gasteiger charge is 2.43. The molecule has 2 aliphatic heterocycles. The monoisotopic (exact) mass is 319 g/mol. The van der Waals surface area contributed by atoms with Crippen molar-refractivity contribution < 1.29 is 4.74 Å². The van der Waals surface area contributed by atoms with Crippen molar-refractivity contribution in [1.29, 1.82) is 0 Å². The molecule has 4 heteroatoms. The van der Waals surface area contributed by atoms with Gasteiger partial charge in [0.2, 0.25) is 0 Å². The Kier molecular flexibility index (Phi) is 3.12. The third-order valence-corrected chi connectivity index (χ3v) is 5.61. The van der Waals surface area contributed by atoms with E-state index in [1.807, 2.05) is 17.1 Å². The summed E-state index contributed by atoms with van der Waals surface area (Å²) in [5, 5.41) is 4.93. The van der Waals surface area contributed by atoms with E-state index in [4.69, 9.17) is 9.84 Å². The standard InChI is InChI=1S/C20H21N3O/c1-2-10-20(9-1,16-7-5-6-15-8-13-24-19(15)16)17-14-18-21-11-3-4-12-23(18)22-17/h4-7,11-12,14H,1-3,8-10,13H2. The number of rotatable bonds is 2. The predicted molar refractivity (Wildman–Crippen MR) is 95.2 cm³/mol. The molecular weight excluding hydrogens is 298 g/mol. The highest BCUT2D eigenvalue weighted by Crippen LogP contribution is 2.51. The molecule has 2 aromatic rings. The Bertz CT molecular complexity index is 811. The van der Waals surface area contributed by atoms with Gasteiger partial charge in [-0.25, -0.2) is 9.67 Å². The maximum Gasteiger partial charge on any atom is 0.154 e. The van der Waals surface area contributed by atoms with Crippen LogP contribution in [0.4, 0.5) is 5.82 Å². The molecule has 1 fully saturated rings. The van der Waals surface area contributed by atoms with Crippen molar-refractivity contribution in [2.45, 2.75) is 43.9 Å². The molecule has 0 saturated heterocycles. The van der Waals surface area contributed by atoms with Gasteiger partial charge >= 0.3 is 0 Å². The summed E-state index contributed by atoms with van der Waals surface area (Å²) >= 11 is 0. The smallest absolute Gasteiger partial charge is 0.154 e. The number of para-hydroxylation sites is 1. The van der Waals surface area contributed by atoms with Gasteiger partial charge in [-0.2, -0.15) is 5.10 Å². The van der Waals surface area contributed by atoms with E-state index in [0.29, 0.717) is 0 Å². The molecule has 24 heavy (non-hydrogen) atoms. The summed E-state index contributed by atoms with van der Waals surface area (Å²) in [4.78, 5) is 4.56. The summed E-state index contributed by atoms with van der Waals surface area (Å²) in [6, 6.07) is 8.80. The minimum absolute atomic E-state index is 0.0295. The minimum atomic E-state index is -0.0295.